The molecule has 0 aliphatic heterocycles. The molecule has 5 nitrogen and oxygen atoms in total. The van der Waals surface area contributed by atoms with E-state index in [2.05, 4.69) is 0 Å². The van der Waals surface area contributed by atoms with E-state index in [4.69, 9.17) is 14.9 Å². The fourth-order valence-corrected chi connectivity index (χ4v) is 1.47. The van der Waals surface area contributed by atoms with Crippen LogP contribution in [-0.2, 0) is 4.74 Å². The Kier molecular flexibility index (Phi) is 6.04. The molecular formula is C13H16O5. The summed E-state index contributed by atoms with van der Waals surface area (Å²) in [6.45, 7) is 0.641. The van der Waals surface area contributed by atoms with Crippen LogP contribution in [0.3, 0.4) is 0 Å². The molecule has 0 heterocycles. The first-order valence-corrected chi connectivity index (χ1v) is 5.70. The van der Waals surface area contributed by atoms with E-state index in [-0.39, 0.29) is 24.6 Å². The highest BCUT2D eigenvalue weighted by Gasteiger charge is 2.09. The largest absolute Gasteiger partial charge is 0.478 e. The molecule has 0 saturated carbocycles. The summed E-state index contributed by atoms with van der Waals surface area (Å²) >= 11 is 0. The average Bonchev–Trinajstić information content (AvgIpc) is 2.38. The molecule has 1 rings (SSSR count). The van der Waals surface area contributed by atoms with E-state index in [1.807, 2.05) is 0 Å². The van der Waals surface area contributed by atoms with Gasteiger partial charge in [-0.05, 0) is 18.6 Å². The maximum Gasteiger partial charge on any atom is 0.335 e. The number of benzene rings is 1. The first kappa shape index (κ1) is 14.3. The van der Waals surface area contributed by atoms with Crippen molar-refractivity contribution >= 4 is 11.8 Å². The summed E-state index contributed by atoms with van der Waals surface area (Å²) in [6.07, 6.45) is 0.852. The molecule has 2 N–H and O–H groups in total. The predicted molar refractivity (Wildman–Crippen MR) is 64.9 cm³/mol. The SMILES string of the molecule is O=C(O)c1cccc(C(=O)CCCOCCO)c1. The molecule has 0 aromatic heterocycles. The molecule has 98 valence electrons. The third-order valence-electron chi connectivity index (χ3n) is 2.36. The monoisotopic (exact) mass is 252 g/mol. The van der Waals surface area contributed by atoms with E-state index >= 15 is 0 Å². The summed E-state index contributed by atoms with van der Waals surface area (Å²) in [7, 11) is 0. The molecule has 0 amide bonds. The van der Waals surface area contributed by atoms with Crippen molar-refractivity contribution in [2.75, 3.05) is 19.8 Å². The zero-order chi connectivity index (χ0) is 13.4. The summed E-state index contributed by atoms with van der Waals surface area (Å²) in [4.78, 5) is 22.5. The first-order chi connectivity index (χ1) is 8.65. The van der Waals surface area contributed by atoms with Crippen LogP contribution in [-0.4, -0.2) is 41.8 Å². The lowest BCUT2D eigenvalue weighted by molar-refractivity contribution is 0.0697. The van der Waals surface area contributed by atoms with E-state index in [9.17, 15) is 9.59 Å². The van der Waals surface area contributed by atoms with Gasteiger partial charge in [0.15, 0.2) is 5.78 Å². The van der Waals surface area contributed by atoms with Gasteiger partial charge in [0.05, 0.1) is 18.8 Å². The quantitative estimate of drug-likeness (QED) is 0.539. The van der Waals surface area contributed by atoms with Gasteiger partial charge in [-0.15, -0.1) is 0 Å². The third-order valence-corrected chi connectivity index (χ3v) is 2.36. The lowest BCUT2D eigenvalue weighted by Gasteiger charge is -2.03. The van der Waals surface area contributed by atoms with Crippen molar-refractivity contribution in [3.8, 4) is 0 Å². The second-order valence-corrected chi connectivity index (χ2v) is 3.75. The molecule has 0 radical (unpaired) electrons. The van der Waals surface area contributed by atoms with E-state index < -0.39 is 5.97 Å². The maximum absolute atomic E-state index is 11.8. The number of hydrogen-bond acceptors (Lipinski definition) is 4. The average molecular weight is 252 g/mol. The number of Topliss-reactive ketones (excluding diaryl/α,β-unsaturated/α-hetero) is 1. The van der Waals surface area contributed by atoms with Crippen LogP contribution in [0.25, 0.3) is 0 Å². The molecule has 0 aliphatic rings. The Morgan fingerprint density at radius 2 is 1.89 bits per heavy atom. The van der Waals surface area contributed by atoms with Crippen LogP contribution in [0.5, 0.6) is 0 Å². The zero-order valence-corrected chi connectivity index (χ0v) is 9.96. The normalized spacial score (nSPS) is 10.3. The zero-order valence-electron chi connectivity index (χ0n) is 9.96. The molecule has 0 bridgehead atoms. The summed E-state index contributed by atoms with van der Waals surface area (Å²) in [5.74, 6) is -1.15. The van der Waals surface area contributed by atoms with E-state index in [0.29, 0.717) is 25.0 Å². The van der Waals surface area contributed by atoms with Crippen LogP contribution in [0.2, 0.25) is 0 Å². The van der Waals surface area contributed by atoms with Crippen LogP contribution in [0.15, 0.2) is 24.3 Å². The number of carboxylic acids is 1. The van der Waals surface area contributed by atoms with Crippen molar-refractivity contribution in [3.63, 3.8) is 0 Å². The first-order valence-electron chi connectivity index (χ1n) is 5.70. The highest BCUT2D eigenvalue weighted by molar-refractivity contribution is 5.98. The number of aliphatic hydroxyl groups is 1. The number of carboxylic acid groups (broad SMARTS) is 1. The van der Waals surface area contributed by atoms with E-state index in [1.54, 1.807) is 12.1 Å². The number of ether oxygens (including phenoxy) is 1. The van der Waals surface area contributed by atoms with Gasteiger partial charge in [-0.25, -0.2) is 4.79 Å². The Bertz CT molecular complexity index is 414. The van der Waals surface area contributed by atoms with E-state index in [0.717, 1.165) is 0 Å². The number of carbonyl (C=O) groups excluding carboxylic acids is 1. The van der Waals surface area contributed by atoms with Gasteiger partial charge in [0.1, 0.15) is 0 Å². The number of carbonyl (C=O) groups is 2. The molecule has 0 atom stereocenters. The molecule has 5 heteroatoms. The number of rotatable bonds is 8. The highest BCUT2D eigenvalue weighted by Crippen LogP contribution is 2.09. The Hall–Kier alpha value is -1.72. The van der Waals surface area contributed by atoms with Crippen molar-refractivity contribution in [1.82, 2.24) is 0 Å². The van der Waals surface area contributed by atoms with Crippen LogP contribution >= 0.6 is 0 Å². The summed E-state index contributed by atoms with van der Waals surface area (Å²) in [6, 6.07) is 5.98. The van der Waals surface area contributed by atoms with Crippen molar-refractivity contribution < 1.29 is 24.5 Å². The van der Waals surface area contributed by atoms with Crippen LogP contribution in [0.4, 0.5) is 0 Å². The lowest BCUT2D eigenvalue weighted by atomic mass is 10.0. The fourth-order valence-electron chi connectivity index (χ4n) is 1.47. The lowest BCUT2D eigenvalue weighted by Crippen LogP contribution is -2.06. The van der Waals surface area contributed by atoms with Crippen LogP contribution in [0, 0.1) is 0 Å². The molecule has 1 aromatic rings. The Balaban J connectivity index is 2.46. The minimum absolute atomic E-state index is 0.0331. The van der Waals surface area contributed by atoms with Gasteiger partial charge in [-0.1, -0.05) is 12.1 Å². The molecular weight excluding hydrogens is 236 g/mol. The molecule has 0 aliphatic carbocycles. The third kappa shape index (κ3) is 4.65. The minimum atomic E-state index is -1.05. The van der Waals surface area contributed by atoms with E-state index in [1.165, 1.54) is 12.1 Å². The second kappa shape index (κ2) is 7.58. The fraction of sp³-hybridized carbons (Fsp3) is 0.385. The van der Waals surface area contributed by atoms with Gasteiger partial charge in [-0.2, -0.15) is 0 Å². The number of hydrogen-bond donors (Lipinski definition) is 2. The van der Waals surface area contributed by atoms with Gasteiger partial charge in [0.2, 0.25) is 0 Å². The van der Waals surface area contributed by atoms with Crippen molar-refractivity contribution in [1.29, 1.82) is 0 Å². The summed E-state index contributed by atoms with van der Waals surface area (Å²) < 4.78 is 5.03. The Morgan fingerprint density at radius 3 is 2.56 bits per heavy atom. The number of aromatic carboxylic acids is 1. The highest BCUT2D eigenvalue weighted by atomic mass is 16.5. The standard InChI is InChI=1S/C13H16O5/c14-6-8-18-7-2-5-12(15)10-3-1-4-11(9-10)13(16)17/h1,3-4,9,14H,2,5-8H2,(H,16,17). The van der Waals surface area contributed by atoms with Crippen molar-refractivity contribution in [2.24, 2.45) is 0 Å². The Labute approximate surface area is 105 Å². The molecule has 0 saturated heterocycles. The molecule has 1 aromatic carbocycles. The van der Waals surface area contributed by atoms with Gasteiger partial charge in [0.25, 0.3) is 0 Å². The predicted octanol–water partition coefficient (Wildman–Crippen LogP) is 1.36. The van der Waals surface area contributed by atoms with Crippen molar-refractivity contribution in [3.05, 3.63) is 35.4 Å². The van der Waals surface area contributed by atoms with Crippen LogP contribution < -0.4 is 0 Å². The van der Waals surface area contributed by atoms with Gasteiger partial charge in [-0.3, -0.25) is 4.79 Å². The maximum atomic E-state index is 11.8. The topological polar surface area (TPSA) is 83.8 Å². The minimum Gasteiger partial charge on any atom is -0.478 e. The van der Waals surface area contributed by atoms with Gasteiger partial charge in [0, 0.05) is 18.6 Å². The molecule has 18 heavy (non-hydrogen) atoms. The number of ketones is 1. The molecule has 0 unspecified atom stereocenters. The van der Waals surface area contributed by atoms with Crippen molar-refractivity contribution in [2.45, 2.75) is 12.8 Å². The molecule has 0 fully saturated rings. The van der Waals surface area contributed by atoms with Gasteiger partial charge >= 0.3 is 5.97 Å². The van der Waals surface area contributed by atoms with Gasteiger partial charge < -0.3 is 14.9 Å². The number of aliphatic hydroxyl groups excluding tert-OH is 1. The molecule has 0 spiro atoms. The Morgan fingerprint density at radius 1 is 1.17 bits per heavy atom. The summed E-state index contributed by atoms with van der Waals surface area (Å²) in [5, 5.41) is 17.3. The summed E-state index contributed by atoms with van der Waals surface area (Å²) in [5.41, 5.74) is 0.509. The smallest absolute Gasteiger partial charge is 0.335 e. The van der Waals surface area contributed by atoms with Crippen LogP contribution in [0.1, 0.15) is 33.6 Å². The second-order valence-electron chi connectivity index (χ2n) is 3.75.